The highest BCUT2D eigenvalue weighted by Crippen LogP contribution is 2.37. The summed E-state index contributed by atoms with van der Waals surface area (Å²) in [5.41, 5.74) is 2.83. The van der Waals surface area contributed by atoms with Crippen molar-refractivity contribution in [3.63, 3.8) is 0 Å². The Balaban J connectivity index is 1.82. The molecule has 1 aromatic heterocycles. The summed E-state index contributed by atoms with van der Waals surface area (Å²) >= 11 is 5.73. The molecular weight excluding hydrogens is 436 g/mol. The minimum Gasteiger partial charge on any atom is -0.489 e. The van der Waals surface area contributed by atoms with E-state index >= 15 is 0 Å². The Kier molecular flexibility index (Phi) is 6.55. The normalized spacial score (nSPS) is 15.8. The first kappa shape index (κ1) is 22.3. The van der Waals surface area contributed by atoms with Gasteiger partial charge in [0, 0.05) is 23.0 Å². The molecule has 33 heavy (non-hydrogen) atoms. The molecule has 7 nitrogen and oxygen atoms in total. The number of hydrogen-bond donors (Lipinski definition) is 2. The maximum atomic E-state index is 13.6. The van der Waals surface area contributed by atoms with Crippen molar-refractivity contribution >= 4 is 34.7 Å². The third kappa shape index (κ3) is 4.65. The molecule has 0 spiro atoms. The molecule has 0 aliphatic carbocycles. The summed E-state index contributed by atoms with van der Waals surface area (Å²) < 4.78 is 11.0. The molecule has 1 aliphatic heterocycles. The van der Waals surface area contributed by atoms with Gasteiger partial charge in [0.25, 0.3) is 5.91 Å². The Hall–Kier alpha value is -3.91. The predicted molar refractivity (Wildman–Crippen MR) is 132 cm³/mol. The SMILES string of the molecule is C=CCOc1ccccc1C1NC(=S)N(c2ccccc2)C(C)=C1C(=O)Nc1cc(C)on1. The lowest BCUT2D eigenvalue weighted by atomic mass is 9.93. The summed E-state index contributed by atoms with van der Waals surface area (Å²) in [7, 11) is 0. The zero-order valence-electron chi connectivity index (χ0n) is 18.4. The number of amides is 1. The van der Waals surface area contributed by atoms with E-state index in [1.807, 2.05) is 66.4 Å². The van der Waals surface area contributed by atoms with Crippen LogP contribution < -0.4 is 20.3 Å². The molecule has 4 rings (SSSR count). The number of thiocarbonyl (C=S) groups is 1. The molecule has 1 amide bonds. The highest BCUT2D eigenvalue weighted by atomic mass is 32.1. The average molecular weight is 461 g/mol. The second kappa shape index (κ2) is 9.70. The van der Waals surface area contributed by atoms with E-state index in [1.165, 1.54) is 0 Å². The molecule has 168 valence electrons. The maximum absolute atomic E-state index is 13.6. The topological polar surface area (TPSA) is 79.6 Å². The van der Waals surface area contributed by atoms with Crippen LogP contribution in [0.1, 0.15) is 24.3 Å². The van der Waals surface area contributed by atoms with Gasteiger partial charge in [0.1, 0.15) is 18.1 Å². The first-order chi connectivity index (χ1) is 16.0. The molecule has 0 bridgehead atoms. The molecule has 0 saturated heterocycles. The van der Waals surface area contributed by atoms with E-state index in [4.69, 9.17) is 21.5 Å². The fourth-order valence-electron chi connectivity index (χ4n) is 3.77. The molecule has 1 unspecified atom stereocenters. The van der Waals surface area contributed by atoms with Crippen molar-refractivity contribution in [1.29, 1.82) is 0 Å². The number of aryl methyl sites for hydroxylation is 1. The van der Waals surface area contributed by atoms with Crippen LogP contribution in [0, 0.1) is 6.92 Å². The Bertz CT molecular complexity index is 1220. The van der Waals surface area contributed by atoms with Crippen molar-refractivity contribution in [1.82, 2.24) is 10.5 Å². The van der Waals surface area contributed by atoms with Gasteiger partial charge in [0.15, 0.2) is 10.9 Å². The van der Waals surface area contributed by atoms with Crippen LogP contribution in [0.4, 0.5) is 11.5 Å². The van der Waals surface area contributed by atoms with Gasteiger partial charge in [-0.15, -0.1) is 0 Å². The summed E-state index contributed by atoms with van der Waals surface area (Å²) in [5, 5.41) is 10.6. The van der Waals surface area contributed by atoms with Gasteiger partial charge < -0.3 is 19.9 Å². The molecule has 0 fully saturated rings. The summed E-state index contributed by atoms with van der Waals surface area (Å²) in [6.07, 6.45) is 1.68. The minimum atomic E-state index is -0.536. The summed E-state index contributed by atoms with van der Waals surface area (Å²) in [5.74, 6) is 1.26. The second-order valence-corrected chi connectivity index (χ2v) is 7.85. The number of ether oxygens (including phenoxy) is 1. The van der Waals surface area contributed by atoms with Crippen LogP contribution in [0.15, 0.2) is 89.1 Å². The van der Waals surface area contributed by atoms with Crippen molar-refractivity contribution in [2.45, 2.75) is 19.9 Å². The number of rotatable bonds is 7. The molecule has 1 aliphatic rings. The van der Waals surface area contributed by atoms with E-state index in [0.717, 1.165) is 11.3 Å². The third-order valence-corrected chi connectivity index (χ3v) is 5.50. The average Bonchev–Trinajstić information content (AvgIpc) is 3.22. The van der Waals surface area contributed by atoms with Gasteiger partial charge in [-0.1, -0.05) is 54.2 Å². The summed E-state index contributed by atoms with van der Waals surface area (Å²) in [6.45, 7) is 7.70. The lowest BCUT2D eigenvalue weighted by Gasteiger charge is -2.38. The number of carbonyl (C=O) groups is 1. The second-order valence-electron chi connectivity index (χ2n) is 7.47. The number of carbonyl (C=O) groups excluding carboxylic acids is 1. The maximum Gasteiger partial charge on any atom is 0.257 e. The first-order valence-corrected chi connectivity index (χ1v) is 10.8. The molecule has 2 heterocycles. The number of nitrogens with one attached hydrogen (secondary N) is 2. The monoisotopic (exact) mass is 460 g/mol. The largest absolute Gasteiger partial charge is 0.489 e. The number of benzene rings is 2. The quantitative estimate of drug-likeness (QED) is 0.384. The Labute approximate surface area is 197 Å². The van der Waals surface area contributed by atoms with Crippen LogP contribution in [-0.4, -0.2) is 22.8 Å². The van der Waals surface area contributed by atoms with Crippen molar-refractivity contribution in [2.24, 2.45) is 0 Å². The summed E-state index contributed by atoms with van der Waals surface area (Å²) in [6, 6.07) is 18.3. The summed E-state index contributed by atoms with van der Waals surface area (Å²) in [4.78, 5) is 15.4. The van der Waals surface area contributed by atoms with Gasteiger partial charge >= 0.3 is 0 Å². The fourth-order valence-corrected chi connectivity index (χ4v) is 4.13. The Morgan fingerprint density at radius 1 is 1.24 bits per heavy atom. The lowest BCUT2D eigenvalue weighted by molar-refractivity contribution is -0.113. The van der Waals surface area contributed by atoms with Crippen LogP contribution >= 0.6 is 12.2 Å². The smallest absolute Gasteiger partial charge is 0.257 e. The van der Waals surface area contributed by atoms with E-state index < -0.39 is 6.04 Å². The molecule has 1 atom stereocenters. The van der Waals surface area contributed by atoms with Crippen molar-refractivity contribution in [3.8, 4) is 5.75 Å². The van der Waals surface area contributed by atoms with E-state index in [-0.39, 0.29) is 5.91 Å². The predicted octanol–water partition coefficient (Wildman–Crippen LogP) is 4.90. The van der Waals surface area contributed by atoms with Gasteiger partial charge in [-0.25, -0.2) is 0 Å². The molecular formula is C25H24N4O3S. The van der Waals surface area contributed by atoms with Crippen LogP contribution in [-0.2, 0) is 4.79 Å². The van der Waals surface area contributed by atoms with Crippen molar-refractivity contribution in [3.05, 3.63) is 95.9 Å². The Morgan fingerprint density at radius 3 is 2.67 bits per heavy atom. The van der Waals surface area contributed by atoms with E-state index in [9.17, 15) is 4.79 Å². The highest BCUT2D eigenvalue weighted by molar-refractivity contribution is 7.80. The molecule has 3 aromatic rings. The fraction of sp³-hybridized carbons (Fsp3) is 0.160. The van der Waals surface area contributed by atoms with Crippen molar-refractivity contribution in [2.75, 3.05) is 16.8 Å². The van der Waals surface area contributed by atoms with Gasteiger partial charge in [-0.05, 0) is 44.3 Å². The van der Waals surface area contributed by atoms with Gasteiger partial charge in [0.2, 0.25) is 0 Å². The third-order valence-electron chi connectivity index (χ3n) is 5.20. The van der Waals surface area contributed by atoms with Gasteiger partial charge in [-0.2, -0.15) is 0 Å². The molecule has 2 aromatic carbocycles. The first-order valence-electron chi connectivity index (χ1n) is 10.4. The zero-order valence-corrected chi connectivity index (χ0v) is 19.2. The lowest BCUT2D eigenvalue weighted by Crippen LogP contribution is -2.48. The number of para-hydroxylation sites is 2. The van der Waals surface area contributed by atoms with Crippen LogP contribution in [0.5, 0.6) is 5.75 Å². The number of hydrogen-bond acceptors (Lipinski definition) is 5. The minimum absolute atomic E-state index is 0.319. The van der Waals surface area contributed by atoms with Gasteiger partial charge in [0.05, 0.1) is 11.6 Å². The van der Waals surface area contributed by atoms with E-state index in [0.29, 0.717) is 40.3 Å². The highest BCUT2D eigenvalue weighted by Gasteiger charge is 2.36. The Morgan fingerprint density at radius 2 is 1.97 bits per heavy atom. The van der Waals surface area contributed by atoms with Crippen LogP contribution in [0.3, 0.4) is 0 Å². The van der Waals surface area contributed by atoms with Crippen LogP contribution in [0.25, 0.3) is 0 Å². The molecule has 8 heteroatoms. The van der Waals surface area contributed by atoms with E-state index in [1.54, 1.807) is 19.1 Å². The molecule has 0 radical (unpaired) electrons. The molecule has 0 saturated carbocycles. The number of anilines is 2. The number of aromatic nitrogens is 1. The van der Waals surface area contributed by atoms with Crippen molar-refractivity contribution < 1.29 is 14.1 Å². The van der Waals surface area contributed by atoms with E-state index in [2.05, 4.69) is 22.4 Å². The standard InChI is InChI=1S/C25H24N4O3S/c1-4-14-31-20-13-9-8-12-19(20)23-22(24(30)26-21-15-16(2)32-28-21)17(3)29(25(33)27-23)18-10-6-5-7-11-18/h4-13,15,23H,1,14H2,2-3H3,(H,27,33)(H,26,28,30). The number of nitrogens with zero attached hydrogens (tertiary/aromatic N) is 2. The zero-order chi connectivity index (χ0) is 23.4. The van der Waals surface area contributed by atoms with Gasteiger partial charge in [-0.3, -0.25) is 9.69 Å². The molecule has 2 N–H and O–H groups in total. The van der Waals surface area contributed by atoms with Crippen LogP contribution in [0.2, 0.25) is 0 Å². The number of allylic oxidation sites excluding steroid dienone is 1.